The first-order valence-electron chi connectivity index (χ1n) is 9.07. The third kappa shape index (κ3) is 4.90. The number of quaternary nitrogens is 1. The molecule has 0 atom stereocenters. The SMILES string of the molecule is C#CC(CC)(CC)NC(=O)C[NH+]1CCN(c2cccc(OC)c2)CC1. The number of methoxy groups -OCH3 is 1. The summed E-state index contributed by atoms with van der Waals surface area (Å²) in [5.41, 5.74) is 0.671. The Labute approximate surface area is 151 Å². The Balaban J connectivity index is 1.86. The van der Waals surface area contributed by atoms with Crippen LogP contribution >= 0.6 is 0 Å². The van der Waals surface area contributed by atoms with E-state index in [0.717, 1.165) is 44.8 Å². The van der Waals surface area contributed by atoms with Gasteiger partial charge in [-0.3, -0.25) is 4.79 Å². The average molecular weight is 344 g/mol. The molecule has 5 heteroatoms. The maximum absolute atomic E-state index is 12.4. The molecule has 1 heterocycles. The molecule has 2 rings (SSSR count). The summed E-state index contributed by atoms with van der Waals surface area (Å²) < 4.78 is 5.30. The molecule has 0 bridgehead atoms. The summed E-state index contributed by atoms with van der Waals surface area (Å²) in [5, 5.41) is 3.06. The molecule has 0 radical (unpaired) electrons. The summed E-state index contributed by atoms with van der Waals surface area (Å²) in [6.07, 6.45) is 7.14. The number of amides is 1. The van der Waals surface area contributed by atoms with E-state index in [0.29, 0.717) is 6.54 Å². The summed E-state index contributed by atoms with van der Waals surface area (Å²) >= 11 is 0. The molecule has 1 aliphatic rings. The number of terminal acetylenes is 1. The largest absolute Gasteiger partial charge is 0.497 e. The molecule has 2 N–H and O–H groups in total. The Bertz CT molecular complexity index is 612. The van der Waals surface area contributed by atoms with Crippen molar-refractivity contribution in [3.63, 3.8) is 0 Å². The molecule has 1 amide bonds. The molecule has 136 valence electrons. The molecule has 0 unspecified atom stereocenters. The first-order chi connectivity index (χ1) is 12.1. The standard InChI is InChI=1S/C20H29N3O2/c1-5-20(6-2,7-3)21-19(24)16-22-11-13-23(14-12-22)17-9-8-10-18(15-17)25-4/h1,8-10,15H,6-7,11-14,16H2,2-4H3,(H,21,24)/p+1. The van der Waals surface area contributed by atoms with Crippen LogP contribution in [-0.4, -0.2) is 51.3 Å². The number of benzene rings is 1. The third-order valence-corrected chi connectivity index (χ3v) is 5.16. The van der Waals surface area contributed by atoms with E-state index in [4.69, 9.17) is 11.2 Å². The van der Waals surface area contributed by atoms with Gasteiger partial charge in [-0.05, 0) is 25.0 Å². The molecule has 25 heavy (non-hydrogen) atoms. The van der Waals surface area contributed by atoms with Gasteiger partial charge in [0.15, 0.2) is 6.54 Å². The van der Waals surface area contributed by atoms with Crippen LogP contribution in [0.1, 0.15) is 26.7 Å². The summed E-state index contributed by atoms with van der Waals surface area (Å²) in [4.78, 5) is 16.0. The van der Waals surface area contributed by atoms with Crippen LogP contribution in [-0.2, 0) is 4.79 Å². The molecule has 0 spiro atoms. The summed E-state index contributed by atoms with van der Waals surface area (Å²) in [6.45, 7) is 8.25. The van der Waals surface area contributed by atoms with Gasteiger partial charge in [0.2, 0.25) is 0 Å². The van der Waals surface area contributed by atoms with Crippen LogP contribution in [0.2, 0.25) is 0 Å². The van der Waals surface area contributed by atoms with Gasteiger partial charge in [0, 0.05) is 11.8 Å². The van der Waals surface area contributed by atoms with Gasteiger partial charge >= 0.3 is 0 Å². The van der Waals surface area contributed by atoms with Gasteiger partial charge in [-0.25, -0.2) is 0 Å². The fourth-order valence-electron chi connectivity index (χ4n) is 3.27. The molecule has 1 fully saturated rings. The zero-order valence-electron chi connectivity index (χ0n) is 15.6. The van der Waals surface area contributed by atoms with Crippen molar-refractivity contribution in [1.29, 1.82) is 0 Å². The number of carbonyl (C=O) groups excluding carboxylic acids is 1. The fourth-order valence-corrected chi connectivity index (χ4v) is 3.27. The van der Waals surface area contributed by atoms with Crippen molar-refractivity contribution in [1.82, 2.24) is 5.32 Å². The van der Waals surface area contributed by atoms with Crippen molar-refractivity contribution < 1.29 is 14.4 Å². The summed E-state index contributed by atoms with van der Waals surface area (Å²) in [6, 6.07) is 8.12. The maximum Gasteiger partial charge on any atom is 0.276 e. The molecule has 1 aromatic rings. The van der Waals surface area contributed by atoms with Gasteiger partial charge in [0.25, 0.3) is 5.91 Å². The molecule has 0 aromatic heterocycles. The Hall–Kier alpha value is -2.19. The summed E-state index contributed by atoms with van der Waals surface area (Å²) in [7, 11) is 1.68. The minimum Gasteiger partial charge on any atom is -0.497 e. The molecule has 1 aliphatic heterocycles. The number of rotatable bonds is 7. The Kier molecular flexibility index (Phi) is 6.72. The van der Waals surface area contributed by atoms with Crippen LogP contribution in [0.4, 0.5) is 5.69 Å². The van der Waals surface area contributed by atoms with Gasteiger partial charge < -0.3 is 19.9 Å². The van der Waals surface area contributed by atoms with E-state index in [1.165, 1.54) is 10.6 Å². The Morgan fingerprint density at radius 1 is 1.36 bits per heavy atom. The maximum atomic E-state index is 12.4. The molecule has 1 aromatic carbocycles. The average Bonchev–Trinajstić information content (AvgIpc) is 2.67. The number of nitrogens with zero attached hydrogens (tertiary/aromatic N) is 1. The van der Waals surface area contributed by atoms with Crippen molar-refractivity contribution in [2.45, 2.75) is 32.2 Å². The highest BCUT2D eigenvalue weighted by Gasteiger charge is 2.28. The van der Waals surface area contributed by atoms with Crippen molar-refractivity contribution in [3.8, 4) is 18.1 Å². The molecular weight excluding hydrogens is 314 g/mol. The second kappa shape index (κ2) is 8.77. The monoisotopic (exact) mass is 344 g/mol. The zero-order valence-corrected chi connectivity index (χ0v) is 15.6. The lowest BCUT2D eigenvalue weighted by atomic mass is 9.94. The van der Waals surface area contributed by atoms with E-state index in [9.17, 15) is 4.79 Å². The predicted molar refractivity (Wildman–Crippen MR) is 101 cm³/mol. The lowest BCUT2D eigenvalue weighted by molar-refractivity contribution is -0.892. The molecule has 0 saturated carbocycles. The highest BCUT2D eigenvalue weighted by Crippen LogP contribution is 2.20. The van der Waals surface area contributed by atoms with E-state index in [-0.39, 0.29) is 5.91 Å². The van der Waals surface area contributed by atoms with E-state index >= 15 is 0 Å². The van der Waals surface area contributed by atoms with Crippen molar-refractivity contribution >= 4 is 11.6 Å². The number of carbonyl (C=O) groups is 1. The van der Waals surface area contributed by atoms with Gasteiger partial charge in [0.1, 0.15) is 11.3 Å². The van der Waals surface area contributed by atoms with Crippen LogP contribution < -0.4 is 19.9 Å². The number of hydrogen-bond donors (Lipinski definition) is 2. The second-order valence-electron chi connectivity index (χ2n) is 6.60. The lowest BCUT2D eigenvalue weighted by Gasteiger charge is -2.34. The molecule has 1 saturated heterocycles. The van der Waals surface area contributed by atoms with Gasteiger partial charge in [-0.2, -0.15) is 0 Å². The topological polar surface area (TPSA) is 46.0 Å². The van der Waals surface area contributed by atoms with E-state index in [2.05, 4.69) is 28.3 Å². The highest BCUT2D eigenvalue weighted by atomic mass is 16.5. The van der Waals surface area contributed by atoms with Gasteiger partial charge in [-0.15, -0.1) is 6.42 Å². The minimum absolute atomic E-state index is 0.0477. The number of piperazine rings is 1. The van der Waals surface area contributed by atoms with Crippen molar-refractivity contribution in [2.75, 3.05) is 44.7 Å². The molecule has 5 nitrogen and oxygen atoms in total. The number of ether oxygens (including phenoxy) is 1. The number of hydrogen-bond acceptors (Lipinski definition) is 3. The van der Waals surface area contributed by atoms with Crippen LogP contribution in [0, 0.1) is 12.3 Å². The summed E-state index contributed by atoms with van der Waals surface area (Å²) in [5.74, 6) is 3.68. The normalized spacial score (nSPS) is 15.5. The highest BCUT2D eigenvalue weighted by molar-refractivity contribution is 5.78. The Morgan fingerprint density at radius 2 is 2.04 bits per heavy atom. The van der Waals surface area contributed by atoms with E-state index in [1.54, 1.807) is 7.11 Å². The predicted octanol–water partition coefficient (Wildman–Crippen LogP) is 0.708. The molecular formula is C20H30N3O2+. The smallest absolute Gasteiger partial charge is 0.276 e. The van der Waals surface area contributed by atoms with Crippen LogP contribution in [0.25, 0.3) is 0 Å². The number of anilines is 1. The van der Waals surface area contributed by atoms with Gasteiger partial charge in [0.05, 0.1) is 33.3 Å². The van der Waals surface area contributed by atoms with Crippen molar-refractivity contribution in [3.05, 3.63) is 24.3 Å². The van der Waals surface area contributed by atoms with Crippen LogP contribution in [0.3, 0.4) is 0 Å². The lowest BCUT2D eigenvalue weighted by Crippen LogP contribution is -3.16. The van der Waals surface area contributed by atoms with Gasteiger partial charge in [-0.1, -0.05) is 25.8 Å². The Morgan fingerprint density at radius 3 is 2.60 bits per heavy atom. The first kappa shape index (κ1) is 19.1. The van der Waals surface area contributed by atoms with Crippen molar-refractivity contribution in [2.24, 2.45) is 0 Å². The third-order valence-electron chi connectivity index (χ3n) is 5.16. The minimum atomic E-state index is -0.501. The quantitative estimate of drug-likeness (QED) is 0.716. The fraction of sp³-hybridized carbons (Fsp3) is 0.550. The van der Waals surface area contributed by atoms with E-state index < -0.39 is 5.54 Å². The van der Waals surface area contributed by atoms with E-state index in [1.807, 2.05) is 26.0 Å². The second-order valence-corrected chi connectivity index (χ2v) is 6.60. The first-order valence-corrected chi connectivity index (χ1v) is 9.07. The number of nitrogens with one attached hydrogen (secondary N) is 2. The van der Waals surface area contributed by atoms with Crippen LogP contribution in [0.5, 0.6) is 5.75 Å². The van der Waals surface area contributed by atoms with Crippen LogP contribution in [0.15, 0.2) is 24.3 Å². The zero-order chi connectivity index (χ0) is 18.3. The molecule has 0 aliphatic carbocycles.